The van der Waals surface area contributed by atoms with Crippen molar-refractivity contribution >= 4 is 63.0 Å². The number of rotatable bonds is 3. The van der Waals surface area contributed by atoms with E-state index < -0.39 is 23.3 Å². The summed E-state index contributed by atoms with van der Waals surface area (Å²) in [6.07, 6.45) is 0. The summed E-state index contributed by atoms with van der Waals surface area (Å²) in [5, 5.41) is 14.2. The normalized spacial score (nSPS) is 19.5. The maximum Gasteiger partial charge on any atom is 0.296 e. The zero-order valence-electron chi connectivity index (χ0n) is 22.3. The highest BCUT2D eigenvalue weighted by molar-refractivity contribution is 8.19. The summed E-state index contributed by atoms with van der Waals surface area (Å²) in [6.45, 7) is 1.72. The largest absolute Gasteiger partial charge is 0.321 e. The van der Waals surface area contributed by atoms with Crippen LogP contribution in [0.2, 0.25) is 0 Å². The molecule has 2 N–H and O–H groups in total. The van der Waals surface area contributed by atoms with Gasteiger partial charge in [0, 0.05) is 23.9 Å². The van der Waals surface area contributed by atoms with Gasteiger partial charge in [0.25, 0.3) is 23.3 Å². The minimum atomic E-state index is -0.594. The van der Waals surface area contributed by atoms with Gasteiger partial charge < -0.3 is 10.6 Å². The van der Waals surface area contributed by atoms with Crippen molar-refractivity contribution in [3.63, 3.8) is 0 Å². The van der Waals surface area contributed by atoms with E-state index in [0.29, 0.717) is 33.9 Å². The topological polar surface area (TPSA) is 130 Å². The van der Waals surface area contributed by atoms with Gasteiger partial charge in [-0.15, -0.1) is 10.2 Å². The summed E-state index contributed by atoms with van der Waals surface area (Å²) in [4.78, 5) is 55.2. The molecule has 11 nitrogen and oxygen atoms in total. The summed E-state index contributed by atoms with van der Waals surface area (Å²) in [5.41, 5.74) is 3.28. The number of amides is 3. The average molecular weight is 576 g/mol. The Hall–Kier alpha value is -5.49. The fraction of sp³-hybridized carbons (Fsp3) is 0.0667. The van der Waals surface area contributed by atoms with Gasteiger partial charge in [-0.3, -0.25) is 23.9 Å². The molecule has 0 spiro atoms. The lowest BCUT2D eigenvalue weighted by Gasteiger charge is -2.13. The minimum Gasteiger partial charge on any atom is -0.321 e. The molecule has 0 unspecified atom stereocenters. The Morgan fingerprint density at radius 3 is 2.10 bits per heavy atom. The van der Waals surface area contributed by atoms with Crippen LogP contribution in [0, 0.1) is 6.92 Å². The number of nitrogens with zero attached hydrogens (tertiary/aromatic N) is 5. The highest BCUT2D eigenvalue weighted by Gasteiger charge is 2.43. The van der Waals surface area contributed by atoms with E-state index in [4.69, 9.17) is 0 Å². The molecule has 3 aliphatic heterocycles. The van der Waals surface area contributed by atoms with Crippen molar-refractivity contribution in [2.45, 2.75) is 6.92 Å². The Kier molecular flexibility index (Phi) is 5.80. The lowest BCUT2D eigenvalue weighted by molar-refractivity contribution is -0.114. The first-order chi connectivity index (χ1) is 20.3. The Morgan fingerprint density at radius 1 is 0.738 bits per heavy atom. The summed E-state index contributed by atoms with van der Waals surface area (Å²) < 4.78 is 3.10. The van der Waals surface area contributed by atoms with Crippen molar-refractivity contribution in [3.05, 3.63) is 111 Å². The van der Waals surface area contributed by atoms with E-state index in [2.05, 4.69) is 20.8 Å². The van der Waals surface area contributed by atoms with Crippen LogP contribution in [0.4, 0.5) is 17.1 Å². The van der Waals surface area contributed by atoms with Gasteiger partial charge in [0.1, 0.15) is 5.69 Å². The van der Waals surface area contributed by atoms with Gasteiger partial charge in [-0.25, -0.2) is 9.58 Å². The minimum absolute atomic E-state index is 0.0374. The van der Waals surface area contributed by atoms with Crippen LogP contribution in [-0.2, 0) is 21.4 Å². The third-order valence-electron chi connectivity index (χ3n) is 7.31. The Balaban J connectivity index is 1.43. The van der Waals surface area contributed by atoms with Crippen LogP contribution in [0.1, 0.15) is 16.8 Å². The molecule has 3 aromatic carbocycles. The summed E-state index contributed by atoms with van der Waals surface area (Å²) in [7, 11) is 1.72. The van der Waals surface area contributed by atoms with Crippen LogP contribution in [0.5, 0.6) is 0 Å². The first kappa shape index (κ1) is 25.5. The zero-order valence-corrected chi connectivity index (χ0v) is 23.1. The van der Waals surface area contributed by atoms with Crippen molar-refractivity contribution in [2.24, 2.45) is 17.3 Å². The lowest BCUT2D eigenvalue weighted by atomic mass is 10.1. The zero-order chi connectivity index (χ0) is 29.1. The number of fused-ring (bicyclic) bond motifs is 2. The number of hydrogen-bond donors (Lipinski definition) is 2. The fourth-order valence-electron chi connectivity index (χ4n) is 5.24. The number of carbonyl (C=O) groups is 3. The van der Waals surface area contributed by atoms with Crippen LogP contribution in [0.15, 0.2) is 98.8 Å². The summed E-state index contributed by atoms with van der Waals surface area (Å²) in [5.74, 6) is -1.47. The first-order valence-corrected chi connectivity index (χ1v) is 13.7. The molecule has 3 aliphatic rings. The van der Waals surface area contributed by atoms with Crippen molar-refractivity contribution in [3.8, 4) is 5.69 Å². The summed E-state index contributed by atoms with van der Waals surface area (Å²) >= 11 is 0.930. The third-order valence-corrected chi connectivity index (χ3v) is 8.34. The number of aromatic nitrogens is 2. The fourth-order valence-corrected chi connectivity index (χ4v) is 6.25. The molecule has 0 bridgehead atoms. The van der Waals surface area contributed by atoms with E-state index in [-0.39, 0.29) is 27.0 Å². The predicted molar refractivity (Wildman–Crippen MR) is 162 cm³/mol. The second-order valence-electron chi connectivity index (χ2n) is 9.69. The van der Waals surface area contributed by atoms with E-state index >= 15 is 0 Å². The van der Waals surface area contributed by atoms with Crippen LogP contribution < -0.4 is 21.1 Å². The highest BCUT2D eigenvalue weighted by atomic mass is 32.2. The second kappa shape index (κ2) is 9.56. The molecule has 4 aromatic rings. The van der Waals surface area contributed by atoms with Crippen molar-refractivity contribution in [1.29, 1.82) is 0 Å². The van der Waals surface area contributed by atoms with Gasteiger partial charge in [-0.1, -0.05) is 54.6 Å². The molecule has 0 saturated carbocycles. The molecule has 0 radical (unpaired) electrons. The molecular formula is C30H21N7O4S. The average Bonchev–Trinajstić information content (AvgIpc) is 3.66. The van der Waals surface area contributed by atoms with E-state index in [1.54, 1.807) is 79.3 Å². The second-order valence-corrected chi connectivity index (χ2v) is 10.7. The maximum atomic E-state index is 14.2. The number of benzene rings is 3. The van der Waals surface area contributed by atoms with Gasteiger partial charge in [0.15, 0.2) is 5.71 Å². The standard InChI is InChI=1S/C30H21N7O4S/c1-16-24(28(40)37(35(16)2)17-10-4-3-5-11-17)36-29(41)25(22-18-12-6-8-14-20(18)31-26(22)38)42-30(36)34-33-23-19-13-7-9-15-21(19)32-27(23)39/h3-15H,1-2H3,(H,31,38)(H,32,33,39)/b25-22-,34-30+. The quantitative estimate of drug-likeness (QED) is 0.285. The van der Waals surface area contributed by atoms with Crippen LogP contribution in [0.25, 0.3) is 11.3 Å². The first-order valence-electron chi connectivity index (χ1n) is 12.9. The molecule has 1 aromatic heterocycles. The number of nitrogens with one attached hydrogen (secondary N) is 2. The molecule has 206 valence electrons. The molecule has 0 atom stereocenters. The predicted octanol–water partition coefficient (Wildman–Crippen LogP) is 3.64. The summed E-state index contributed by atoms with van der Waals surface area (Å²) in [6, 6.07) is 23.2. The molecule has 3 amide bonds. The van der Waals surface area contributed by atoms with Crippen molar-refractivity contribution in [2.75, 3.05) is 15.5 Å². The Bertz CT molecular complexity index is 2020. The Labute approximate surface area is 242 Å². The SMILES string of the molecule is Cc1c(N2C(=O)/C(=C3/C(=O)Nc4ccccc43)S/C2=N/N=C2/C(=O)Nc3ccccc32)c(=O)n(-c2ccccc2)n1C. The molecule has 4 heterocycles. The smallest absolute Gasteiger partial charge is 0.296 e. The van der Waals surface area contributed by atoms with Crippen LogP contribution in [-0.4, -0.2) is 38.0 Å². The monoisotopic (exact) mass is 575 g/mol. The van der Waals surface area contributed by atoms with Crippen molar-refractivity contribution in [1.82, 2.24) is 9.36 Å². The maximum absolute atomic E-state index is 14.2. The molecule has 7 rings (SSSR count). The molecule has 1 fully saturated rings. The van der Waals surface area contributed by atoms with Crippen molar-refractivity contribution < 1.29 is 14.4 Å². The van der Waals surface area contributed by atoms with E-state index in [9.17, 15) is 19.2 Å². The van der Waals surface area contributed by atoms with Crippen LogP contribution in [0.3, 0.4) is 0 Å². The molecular weight excluding hydrogens is 554 g/mol. The third kappa shape index (κ3) is 3.76. The molecule has 1 saturated heterocycles. The van der Waals surface area contributed by atoms with Gasteiger partial charge in [0.05, 0.1) is 27.5 Å². The van der Waals surface area contributed by atoms with E-state index in [0.717, 1.165) is 11.8 Å². The van der Waals surface area contributed by atoms with Gasteiger partial charge in [0.2, 0.25) is 5.17 Å². The number of carbonyl (C=O) groups excluding carboxylic acids is 3. The number of anilines is 3. The lowest BCUT2D eigenvalue weighted by Crippen LogP contribution is -2.34. The van der Waals surface area contributed by atoms with Gasteiger partial charge in [-0.05, 0) is 43.0 Å². The number of amidine groups is 1. The van der Waals surface area contributed by atoms with Crippen LogP contribution >= 0.6 is 11.8 Å². The highest BCUT2D eigenvalue weighted by Crippen LogP contribution is 2.43. The van der Waals surface area contributed by atoms with E-state index in [1.807, 2.05) is 18.2 Å². The number of para-hydroxylation sites is 3. The molecule has 12 heteroatoms. The van der Waals surface area contributed by atoms with Gasteiger partial charge >= 0.3 is 0 Å². The number of thioether (sulfide) groups is 1. The molecule has 42 heavy (non-hydrogen) atoms. The number of hydrogen-bond acceptors (Lipinski definition) is 7. The molecule has 0 aliphatic carbocycles. The van der Waals surface area contributed by atoms with E-state index in [1.165, 1.54) is 9.58 Å². The van der Waals surface area contributed by atoms with Gasteiger partial charge in [-0.2, -0.15) is 0 Å². The Morgan fingerprint density at radius 2 is 1.36 bits per heavy atom.